The maximum absolute atomic E-state index is 13.1. The molecule has 2 aromatic rings. The van der Waals surface area contributed by atoms with Crippen LogP contribution >= 0.6 is 11.3 Å². The number of nitrogens with zero attached hydrogens (tertiary/aromatic N) is 1. The van der Waals surface area contributed by atoms with Crippen LogP contribution in [-0.4, -0.2) is 42.9 Å². The van der Waals surface area contributed by atoms with Crippen molar-refractivity contribution in [2.75, 3.05) is 11.5 Å². The summed E-state index contributed by atoms with van der Waals surface area (Å²) < 4.78 is 29.7. The molecule has 5 nitrogen and oxygen atoms in total. The third kappa shape index (κ3) is 5.11. The van der Waals surface area contributed by atoms with Gasteiger partial charge in [-0.2, -0.15) is 0 Å². The van der Waals surface area contributed by atoms with E-state index in [2.05, 4.69) is 6.92 Å². The number of thiophene rings is 1. The van der Waals surface area contributed by atoms with Crippen molar-refractivity contribution in [3.8, 4) is 5.75 Å². The van der Waals surface area contributed by atoms with Crippen molar-refractivity contribution in [2.45, 2.75) is 45.4 Å². The molecular weight excluding hydrogens is 382 g/mol. The largest absolute Gasteiger partial charge is 0.481 e. The summed E-state index contributed by atoms with van der Waals surface area (Å²) >= 11 is 1.56. The van der Waals surface area contributed by atoms with E-state index in [-0.39, 0.29) is 23.5 Å². The minimum Gasteiger partial charge on any atom is -0.481 e. The summed E-state index contributed by atoms with van der Waals surface area (Å²) in [6.07, 6.45) is 0.748. The van der Waals surface area contributed by atoms with E-state index < -0.39 is 15.9 Å². The molecule has 1 aliphatic rings. The highest BCUT2D eigenvalue weighted by Gasteiger charge is 2.36. The van der Waals surface area contributed by atoms with E-state index in [0.717, 1.165) is 11.3 Å². The number of benzene rings is 1. The number of amides is 1. The molecular formula is C20H25NO4S2. The molecule has 2 atom stereocenters. The molecule has 0 saturated carbocycles. The molecule has 2 heterocycles. The van der Waals surface area contributed by atoms with Gasteiger partial charge in [-0.25, -0.2) is 8.42 Å². The van der Waals surface area contributed by atoms with Crippen molar-refractivity contribution in [1.82, 2.24) is 4.90 Å². The lowest BCUT2D eigenvalue weighted by atomic mass is 10.1. The summed E-state index contributed by atoms with van der Waals surface area (Å²) in [5.74, 6) is 0.634. The number of ether oxygens (including phenoxy) is 1. The molecule has 1 amide bonds. The maximum atomic E-state index is 13.1. The lowest BCUT2D eigenvalue weighted by molar-refractivity contribution is -0.140. The molecule has 0 aliphatic carbocycles. The smallest absolute Gasteiger partial charge is 0.263 e. The van der Waals surface area contributed by atoms with Gasteiger partial charge in [-0.3, -0.25) is 4.79 Å². The van der Waals surface area contributed by atoms with Crippen LogP contribution in [0.3, 0.4) is 0 Å². The fraction of sp³-hybridized carbons (Fsp3) is 0.450. The second kappa shape index (κ2) is 8.44. The Hall–Kier alpha value is -1.86. The van der Waals surface area contributed by atoms with Gasteiger partial charge >= 0.3 is 0 Å². The Morgan fingerprint density at radius 1 is 1.30 bits per heavy atom. The quantitative estimate of drug-likeness (QED) is 0.706. The lowest BCUT2D eigenvalue weighted by Crippen LogP contribution is -2.46. The molecule has 146 valence electrons. The van der Waals surface area contributed by atoms with Gasteiger partial charge in [0, 0.05) is 10.9 Å². The number of sulfone groups is 1. The fourth-order valence-corrected chi connectivity index (χ4v) is 5.70. The van der Waals surface area contributed by atoms with Gasteiger partial charge in [-0.1, -0.05) is 25.1 Å². The normalized spacial score (nSPS) is 19.6. The second-order valence-corrected chi connectivity index (χ2v) is 10.1. The Kier molecular flexibility index (Phi) is 6.22. The summed E-state index contributed by atoms with van der Waals surface area (Å²) in [5, 5.41) is 1.96. The van der Waals surface area contributed by atoms with E-state index in [9.17, 15) is 13.2 Å². The molecule has 1 aromatic heterocycles. The van der Waals surface area contributed by atoms with Gasteiger partial charge in [0.15, 0.2) is 15.9 Å². The predicted octanol–water partition coefficient (Wildman–Crippen LogP) is 3.29. The molecule has 0 spiro atoms. The van der Waals surface area contributed by atoms with Crippen molar-refractivity contribution in [2.24, 2.45) is 0 Å². The van der Waals surface area contributed by atoms with Crippen LogP contribution in [0.1, 0.15) is 30.7 Å². The Morgan fingerprint density at radius 3 is 2.59 bits per heavy atom. The average Bonchev–Trinajstić information content (AvgIpc) is 3.28. The third-order valence-electron chi connectivity index (χ3n) is 4.83. The van der Waals surface area contributed by atoms with Crippen LogP contribution in [0.4, 0.5) is 0 Å². The van der Waals surface area contributed by atoms with E-state index in [1.165, 1.54) is 5.56 Å². The Labute approximate surface area is 164 Å². The van der Waals surface area contributed by atoms with Crippen molar-refractivity contribution >= 4 is 27.1 Å². The lowest BCUT2D eigenvalue weighted by Gasteiger charge is -2.30. The van der Waals surface area contributed by atoms with E-state index in [1.54, 1.807) is 23.2 Å². The van der Waals surface area contributed by atoms with E-state index >= 15 is 0 Å². The Bertz CT molecular complexity index is 860. The van der Waals surface area contributed by atoms with Gasteiger partial charge in [0.25, 0.3) is 5.91 Å². The summed E-state index contributed by atoms with van der Waals surface area (Å²) in [5.41, 5.74) is 1.21. The van der Waals surface area contributed by atoms with Crippen molar-refractivity contribution in [3.05, 3.63) is 52.2 Å². The van der Waals surface area contributed by atoms with Crippen molar-refractivity contribution in [1.29, 1.82) is 0 Å². The van der Waals surface area contributed by atoms with E-state index in [4.69, 9.17) is 4.74 Å². The molecule has 2 unspecified atom stereocenters. The van der Waals surface area contributed by atoms with Crippen LogP contribution in [0.2, 0.25) is 0 Å². The van der Waals surface area contributed by atoms with Crippen LogP contribution in [0.5, 0.6) is 5.75 Å². The maximum Gasteiger partial charge on any atom is 0.263 e. The highest BCUT2D eigenvalue weighted by molar-refractivity contribution is 7.91. The Morgan fingerprint density at radius 2 is 2.04 bits per heavy atom. The Balaban J connectivity index is 1.74. The van der Waals surface area contributed by atoms with Gasteiger partial charge in [-0.05, 0) is 48.9 Å². The number of hydrogen-bond acceptors (Lipinski definition) is 5. The number of hydrogen-bond donors (Lipinski definition) is 0. The van der Waals surface area contributed by atoms with Gasteiger partial charge < -0.3 is 9.64 Å². The number of rotatable bonds is 7. The zero-order chi connectivity index (χ0) is 19.4. The van der Waals surface area contributed by atoms with Gasteiger partial charge in [0.1, 0.15) is 5.75 Å². The molecule has 27 heavy (non-hydrogen) atoms. The van der Waals surface area contributed by atoms with E-state index in [0.29, 0.717) is 18.7 Å². The zero-order valence-electron chi connectivity index (χ0n) is 15.6. The first-order chi connectivity index (χ1) is 12.9. The first-order valence-corrected chi connectivity index (χ1v) is 11.9. The minimum atomic E-state index is -3.08. The molecule has 0 N–H and O–H groups in total. The van der Waals surface area contributed by atoms with E-state index in [1.807, 2.05) is 41.8 Å². The van der Waals surface area contributed by atoms with Gasteiger partial charge in [0.2, 0.25) is 0 Å². The third-order valence-corrected chi connectivity index (χ3v) is 7.44. The molecule has 1 saturated heterocycles. The fourth-order valence-electron chi connectivity index (χ4n) is 3.27. The second-order valence-electron chi connectivity index (χ2n) is 6.86. The van der Waals surface area contributed by atoms with Crippen LogP contribution in [0, 0.1) is 0 Å². The number of aryl methyl sites for hydroxylation is 1. The molecule has 1 aromatic carbocycles. The summed E-state index contributed by atoms with van der Waals surface area (Å²) in [6.45, 7) is 4.22. The number of carbonyl (C=O) groups excluding carboxylic acids is 1. The summed E-state index contributed by atoms with van der Waals surface area (Å²) in [7, 11) is -3.08. The highest BCUT2D eigenvalue weighted by atomic mass is 32.2. The van der Waals surface area contributed by atoms with Crippen LogP contribution in [0.25, 0.3) is 0 Å². The summed E-state index contributed by atoms with van der Waals surface area (Å²) in [4.78, 5) is 15.8. The van der Waals surface area contributed by atoms with Crippen molar-refractivity contribution < 1.29 is 17.9 Å². The molecule has 0 bridgehead atoms. The predicted molar refractivity (Wildman–Crippen MR) is 108 cm³/mol. The molecule has 0 radical (unpaired) electrons. The van der Waals surface area contributed by atoms with Crippen LogP contribution in [0.15, 0.2) is 41.8 Å². The molecule has 7 heteroatoms. The SMILES string of the molecule is CCc1ccc(OC(C)C(=O)N(Cc2cccs2)C2CCS(=O)(=O)C2)cc1. The standard InChI is InChI=1S/C20H25NO4S2/c1-3-16-6-8-18(9-7-16)25-15(2)20(22)21(13-19-5-4-11-26-19)17-10-12-27(23,24)14-17/h4-9,11,15,17H,3,10,12-14H2,1-2H3. The molecule has 3 rings (SSSR count). The monoisotopic (exact) mass is 407 g/mol. The van der Waals surface area contributed by atoms with Gasteiger partial charge in [-0.15, -0.1) is 11.3 Å². The van der Waals surface area contributed by atoms with Crippen LogP contribution in [-0.2, 0) is 27.6 Å². The highest BCUT2D eigenvalue weighted by Crippen LogP contribution is 2.24. The molecule has 1 fully saturated rings. The first-order valence-electron chi connectivity index (χ1n) is 9.17. The van der Waals surface area contributed by atoms with Crippen molar-refractivity contribution in [3.63, 3.8) is 0 Å². The summed E-state index contributed by atoms with van der Waals surface area (Å²) in [6, 6.07) is 11.3. The first kappa shape index (κ1) is 19.9. The van der Waals surface area contributed by atoms with Crippen LogP contribution < -0.4 is 4.74 Å². The molecule has 1 aliphatic heterocycles. The zero-order valence-corrected chi connectivity index (χ0v) is 17.3. The van der Waals surface area contributed by atoms with Gasteiger partial charge in [0.05, 0.1) is 18.1 Å². The number of carbonyl (C=O) groups is 1. The minimum absolute atomic E-state index is 0.0298. The topological polar surface area (TPSA) is 63.7 Å². The average molecular weight is 408 g/mol.